The van der Waals surface area contributed by atoms with Crippen LogP contribution in [-0.4, -0.2) is 12.1 Å². The first kappa shape index (κ1) is 12.4. The molecule has 4 heteroatoms. The lowest BCUT2D eigenvalue weighted by molar-refractivity contribution is 0.386. The van der Waals surface area contributed by atoms with Gasteiger partial charge in [0.15, 0.2) is 11.6 Å². The summed E-state index contributed by atoms with van der Waals surface area (Å²) in [4.78, 5) is 4.25. The van der Waals surface area contributed by atoms with Gasteiger partial charge in [0.25, 0.3) is 0 Å². The molecule has 0 aliphatic heterocycles. The second-order valence-corrected chi connectivity index (χ2v) is 4.48. The summed E-state index contributed by atoms with van der Waals surface area (Å²) in [5.41, 5.74) is 9.08. The van der Waals surface area contributed by atoms with Crippen LogP contribution in [-0.2, 0) is 0 Å². The minimum Gasteiger partial charge on any atom is -0.494 e. The van der Waals surface area contributed by atoms with Gasteiger partial charge in [-0.1, -0.05) is 12.1 Å². The Hall–Kier alpha value is -2.62. The quantitative estimate of drug-likeness (QED) is 0.772. The van der Waals surface area contributed by atoms with Gasteiger partial charge in [-0.15, -0.1) is 0 Å². The van der Waals surface area contributed by atoms with Gasteiger partial charge in [-0.2, -0.15) is 0 Å². The van der Waals surface area contributed by atoms with Crippen molar-refractivity contribution in [3.8, 4) is 16.9 Å². The highest BCUT2D eigenvalue weighted by atomic mass is 19.1. The molecule has 0 atom stereocenters. The third-order valence-corrected chi connectivity index (χ3v) is 3.26. The Morgan fingerprint density at radius 2 is 1.80 bits per heavy atom. The highest BCUT2D eigenvalue weighted by molar-refractivity contribution is 5.93. The summed E-state index contributed by atoms with van der Waals surface area (Å²) in [5, 5.41) is 0.862. The summed E-state index contributed by atoms with van der Waals surface area (Å²) in [5.74, 6) is -0.153. The molecule has 0 bridgehead atoms. The van der Waals surface area contributed by atoms with Gasteiger partial charge >= 0.3 is 0 Å². The highest BCUT2D eigenvalue weighted by Crippen LogP contribution is 2.29. The molecular weight excluding hydrogens is 255 g/mol. The summed E-state index contributed by atoms with van der Waals surface area (Å²) in [6, 6.07) is 12.3. The molecule has 0 spiro atoms. The molecule has 0 aliphatic rings. The maximum Gasteiger partial charge on any atom is 0.165 e. The Morgan fingerprint density at radius 3 is 2.55 bits per heavy atom. The maximum absolute atomic E-state index is 13.8. The number of fused-ring (bicyclic) bond motifs is 1. The number of nitrogens with zero attached hydrogens (tertiary/aromatic N) is 1. The van der Waals surface area contributed by atoms with E-state index < -0.39 is 0 Å². The standard InChI is InChI=1S/C16H13FN2O/c1-20-16-5-3-11(9-13(16)17)10-2-4-15-12(8-10)14(18)6-7-19-15/h2-9H,1H3,(H2,18,19). The molecule has 2 aromatic carbocycles. The van der Waals surface area contributed by atoms with Crippen LogP contribution < -0.4 is 10.5 Å². The molecular formula is C16H13FN2O. The van der Waals surface area contributed by atoms with Crippen LogP contribution in [0.4, 0.5) is 10.1 Å². The fourth-order valence-electron chi connectivity index (χ4n) is 2.19. The molecule has 0 amide bonds. The van der Waals surface area contributed by atoms with Gasteiger partial charge in [-0.05, 0) is 41.5 Å². The summed E-state index contributed by atoms with van der Waals surface area (Å²) in [7, 11) is 1.44. The number of methoxy groups -OCH3 is 1. The van der Waals surface area contributed by atoms with Crippen molar-refractivity contribution in [3.05, 3.63) is 54.5 Å². The zero-order valence-corrected chi connectivity index (χ0v) is 10.9. The van der Waals surface area contributed by atoms with Gasteiger partial charge < -0.3 is 10.5 Å². The number of hydrogen-bond donors (Lipinski definition) is 1. The fraction of sp³-hybridized carbons (Fsp3) is 0.0625. The number of halogens is 1. The number of ether oxygens (including phenoxy) is 1. The first-order valence-electron chi connectivity index (χ1n) is 6.17. The van der Waals surface area contributed by atoms with Crippen molar-refractivity contribution in [1.29, 1.82) is 0 Å². The Morgan fingerprint density at radius 1 is 1.05 bits per heavy atom. The second-order valence-electron chi connectivity index (χ2n) is 4.48. The van der Waals surface area contributed by atoms with Crippen LogP contribution in [0.15, 0.2) is 48.7 Å². The van der Waals surface area contributed by atoms with Crippen molar-refractivity contribution < 1.29 is 9.13 Å². The van der Waals surface area contributed by atoms with E-state index in [-0.39, 0.29) is 11.6 Å². The number of nitrogen functional groups attached to an aromatic ring is 1. The Kier molecular flexibility index (Phi) is 2.99. The molecule has 3 aromatic rings. The predicted octanol–water partition coefficient (Wildman–Crippen LogP) is 3.63. The van der Waals surface area contributed by atoms with Gasteiger partial charge in [-0.3, -0.25) is 4.98 Å². The second kappa shape index (κ2) is 4.81. The number of hydrogen-bond acceptors (Lipinski definition) is 3. The Balaban J connectivity index is 2.14. The van der Waals surface area contributed by atoms with Crippen LogP contribution in [0.3, 0.4) is 0 Å². The molecule has 0 aliphatic carbocycles. The number of benzene rings is 2. The molecule has 0 saturated heterocycles. The van der Waals surface area contributed by atoms with Gasteiger partial charge in [-0.25, -0.2) is 4.39 Å². The highest BCUT2D eigenvalue weighted by Gasteiger charge is 2.07. The monoisotopic (exact) mass is 268 g/mol. The fourth-order valence-corrected chi connectivity index (χ4v) is 2.19. The lowest BCUT2D eigenvalue weighted by Gasteiger charge is -2.07. The van der Waals surface area contributed by atoms with Crippen LogP contribution in [0.2, 0.25) is 0 Å². The number of aromatic nitrogens is 1. The third-order valence-electron chi connectivity index (χ3n) is 3.26. The van der Waals surface area contributed by atoms with E-state index in [9.17, 15) is 4.39 Å². The van der Waals surface area contributed by atoms with Crippen molar-refractivity contribution in [2.45, 2.75) is 0 Å². The van der Waals surface area contributed by atoms with Gasteiger partial charge in [0, 0.05) is 17.3 Å². The van der Waals surface area contributed by atoms with Gasteiger partial charge in [0.2, 0.25) is 0 Å². The molecule has 2 N–H and O–H groups in total. The maximum atomic E-state index is 13.8. The molecule has 1 heterocycles. The summed E-state index contributed by atoms with van der Waals surface area (Å²) in [6.07, 6.45) is 1.67. The SMILES string of the molecule is COc1ccc(-c2ccc3nccc(N)c3c2)cc1F. The first-order chi connectivity index (χ1) is 9.69. The average Bonchev–Trinajstić information content (AvgIpc) is 2.47. The zero-order valence-electron chi connectivity index (χ0n) is 10.9. The topological polar surface area (TPSA) is 48.1 Å². The van der Waals surface area contributed by atoms with Crippen molar-refractivity contribution in [2.24, 2.45) is 0 Å². The number of nitrogens with two attached hydrogens (primary N) is 1. The van der Waals surface area contributed by atoms with E-state index in [1.54, 1.807) is 18.3 Å². The van der Waals surface area contributed by atoms with Crippen molar-refractivity contribution in [2.75, 3.05) is 12.8 Å². The first-order valence-corrected chi connectivity index (χ1v) is 6.17. The van der Waals surface area contributed by atoms with E-state index in [2.05, 4.69) is 4.98 Å². The summed E-state index contributed by atoms with van der Waals surface area (Å²) in [6.45, 7) is 0. The third kappa shape index (κ3) is 2.05. The minimum absolute atomic E-state index is 0.232. The van der Waals surface area contributed by atoms with Crippen LogP contribution in [0, 0.1) is 5.82 Å². The number of pyridine rings is 1. The smallest absolute Gasteiger partial charge is 0.165 e. The molecule has 1 aromatic heterocycles. The normalized spacial score (nSPS) is 10.7. The molecule has 0 fully saturated rings. The average molecular weight is 268 g/mol. The minimum atomic E-state index is -0.385. The Bertz CT molecular complexity index is 787. The zero-order chi connectivity index (χ0) is 14.1. The van der Waals surface area contributed by atoms with E-state index in [4.69, 9.17) is 10.5 Å². The van der Waals surface area contributed by atoms with Crippen LogP contribution >= 0.6 is 0 Å². The lowest BCUT2D eigenvalue weighted by Crippen LogP contribution is -1.91. The lowest BCUT2D eigenvalue weighted by atomic mass is 10.0. The molecule has 3 rings (SSSR count). The van der Waals surface area contributed by atoms with Gasteiger partial charge in [0.05, 0.1) is 12.6 Å². The molecule has 0 saturated carbocycles. The Labute approximate surface area is 115 Å². The van der Waals surface area contributed by atoms with Crippen LogP contribution in [0.5, 0.6) is 5.75 Å². The summed E-state index contributed by atoms with van der Waals surface area (Å²) >= 11 is 0. The van der Waals surface area contributed by atoms with E-state index in [1.165, 1.54) is 13.2 Å². The van der Waals surface area contributed by atoms with Crippen molar-refractivity contribution in [3.63, 3.8) is 0 Å². The van der Waals surface area contributed by atoms with Crippen molar-refractivity contribution >= 4 is 16.6 Å². The predicted molar refractivity (Wildman–Crippen MR) is 78.1 cm³/mol. The van der Waals surface area contributed by atoms with Gasteiger partial charge in [0.1, 0.15) is 0 Å². The molecule has 0 radical (unpaired) electrons. The van der Waals surface area contributed by atoms with Crippen LogP contribution in [0.1, 0.15) is 0 Å². The van der Waals surface area contributed by atoms with E-state index >= 15 is 0 Å². The number of rotatable bonds is 2. The molecule has 20 heavy (non-hydrogen) atoms. The summed E-state index contributed by atoms with van der Waals surface area (Å²) < 4.78 is 18.7. The molecule has 100 valence electrons. The van der Waals surface area contributed by atoms with E-state index in [0.717, 1.165) is 22.0 Å². The molecule has 3 nitrogen and oxygen atoms in total. The van der Waals surface area contributed by atoms with E-state index in [1.807, 2.05) is 24.3 Å². The largest absolute Gasteiger partial charge is 0.494 e. The van der Waals surface area contributed by atoms with Crippen LogP contribution in [0.25, 0.3) is 22.0 Å². The van der Waals surface area contributed by atoms with E-state index in [0.29, 0.717) is 5.69 Å². The van der Waals surface area contributed by atoms with Crippen molar-refractivity contribution in [1.82, 2.24) is 4.98 Å². The number of anilines is 1. The molecule has 0 unspecified atom stereocenters.